The average molecular weight is 283 g/mol. The number of benzene rings is 2. The topological polar surface area (TPSA) is 21.3 Å². The fourth-order valence-corrected chi connectivity index (χ4v) is 2.52. The molecule has 0 aliphatic carbocycles. The molecule has 2 atom stereocenters. The third kappa shape index (κ3) is 4.08. The van der Waals surface area contributed by atoms with Gasteiger partial charge < -0.3 is 10.1 Å². The van der Waals surface area contributed by atoms with E-state index in [-0.39, 0.29) is 6.04 Å². The maximum atomic E-state index is 5.29. The highest BCUT2D eigenvalue weighted by Gasteiger charge is 2.11. The highest BCUT2D eigenvalue weighted by molar-refractivity contribution is 5.31. The van der Waals surface area contributed by atoms with Gasteiger partial charge in [-0.3, -0.25) is 0 Å². The summed E-state index contributed by atoms with van der Waals surface area (Å²) in [4.78, 5) is 0. The van der Waals surface area contributed by atoms with Crippen molar-refractivity contribution in [1.29, 1.82) is 0 Å². The van der Waals surface area contributed by atoms with Gasteiger partial charge in [0, 0.05) is 12.1 Å². The van der Waals surface area contributed by atoms with Gasteiger partial charge in [0.25, 0.3) is 0 Å². The third-order valence-electron chi connectivity index (χ3n) is 3.98. The smallest absolute Gasteiger partial charge is 0.119 e. The van der Waals surface area contributed by atoms with Crippen LogP contribution in [0.25, 0.3) is 0 Å². The Hall–Kier alpha value is -1.80. The third-order valence-corrected chi connectivity index (χ3v) is 3.98. The molecule has 0 heterocycles. The van der Waals surface area contributed by atoms with Crippen LogP contribution >= 0.6 is 0 Å². The summed E-state index contributed by atoms with van der Waals surface area (Å²) in [5.41, 5.74) is 3.94. The van der Waals surface area contributed by atoms with Gasteiger partial charge in [0.05, 0.1) is 7.11 Å². The first-order chi connectivity index (χ1) is 10.1. The fraction of sp³-hybridized carbons (Fsp3) is 0.368. The molecule has 0 radical (unpaired) electrons. The van der Waals surface area contributed by atoms with E-state index < -0.39 is 0 Å². The summed E-state index contributed by atoms with van der Waals surface area (Å²) in [6, 6.07) is 17.7. The Balaban J connectivity index is 2.04. The van der Waals surface area contributed by atoms with E-state index in [2.05, 4.69) is 62.5 Å². The number of nitrogens with one attached hydrogen (secondary N) is 1. The van der Waals surface area contributed by atoms with Crippen LogP contribution in [0.1, 0.15) is 49.5 Å². The number of methoxy groups -OCH3 is 1. The monoisotopic (exact) mass is 283 g/mol. The molecule has 2 rings (SSSR count). The molecule has 1 N–H and O–H groups in total. The normalized spacial score (nSPS) is 13.7. The van der Waals surface area contributed by atoms with Crippen LogP contribution < -0.4 is 10.1 Å². The number of aryl methyl sites for hydroxylation is 1. The lowest BCUT2D eigenvalue weighted by Gasteiger charge is -2.21. The maximum absolute atomic E-state index is 5.29. The van der Waals surface area contributed by atoms with E-state index in [1.54, 1.807) is 7.11 Å². The van der Waals surface area contributed by atoms with Gasteiger partial charge >= 0.3 is 0 Å². The molecule has 0 saturated heterocycles. The Kier molecular flexibility index (Phi) is 5.40. The lowest BCUT2D eigenvalue weighted by Crippen LogP contribution is -2.22. The predicted molar refractivity (Wildman–Crippen MR) is 88.8 cm³/mol. The highest BCUT2D eigenvalue weighted by Crippen LogP contribution is 2.22. The molecular formula is C19H25NO. The molecule has 21 heavy (non-hydrogen) atoms. The number of ether oxygens (including phenoxy) is 1. The van der Waals surface area contributed by atoms with Crippen molar-refractivity contribution in [2.24, 2.45) is 0 Å². The van der Waals surface area contributed by atoms with Gasteiger partial charge in [-0.25, -0.2) is 0 Å². The van der Waals surface area contributed by atoms with Crippen molar-refractivity contribution >= 4 is 0 Å². The van der Waals surface area contributed by atoms with Crippen molar-refractivity contribution in [3.05, 3.63) is 65.2 Å². The summed E-state index contributed by atoms with van der Waals surface area (Å²) >= 11 is 0. The van der Waals surface area contributed by atoms with Crippen LogP contribution in [-0.2, 0) is 6.42 Å². The minimum Gasteiger partial charge on any atom is -0.497 e. The van der Waals surface area contributed by atoms with E-state index in [9.17, 15) is 0 Å². The van der Waals surface area contributed by atoms with Crippen molar-refractivity contribution in [3.8, 4) is 5.75 Å². The summed E-state index contributed by atoms with van der Waals surface area (Å²) in [6.07, 6.45) is 1.09. The van der Waals surface area contributed by atoms with Crippen LogP contribution in [0, 0.1) is 0 Å². The van der Waals surface area contributed by atoms with Gasteiger partial charge in [-0.15, -0.1) is 0 Å². The molecule has 2 heteroatoms. The predicted octanol–water partition coefficient (Wildman–Crippen LogP) is 4.67. The van der Waals surface area contributed by atoms with Crippen LogP contribution in [0.15, 0.2) is 48.5 Å². The van der Waals surface area contributed by atoms with E-state index in [4.69, 9.17) is 4.74 Å². The average Bonchev–Trinajstić information content (AvgIpc) is 2.54. The van der Waals surface area contributed by atoms with Crippen LogP contribution in [0.3, 0.4) is 0 Å². The second kappa shape index (κ2) is 7.28. The zero-order valence-electron chi connectivity index (χ0n) is 13.4. The quantitative estimate of drug-likeness (QED) is 0.832. The Bertz CT molecular complexity index is 562. The number of hydrogen-bond donors (Lipinski definition) is 1. The molecule has 0 amide bonds. The SMILES string of the molecule is CCc1ccc(C(C)NC(C)c2cccc(OC)c2)cc1. The molecule has 2 unspecified atom stereocenters. The van der Waals surface area contributed by atoms with Gasteiger partial charge in [0.1, 0.15) is 5.75 Å². The van der Waals surface area contributed by atoms with Gasteiger partial charge in [-0.2, -0.15) is 0 Å². The molecule has 0 saturated carbocycles. The molecule has 0 aromatic heterocycles. The van der Waals surface area contributed by atoms with E-state index >= 15 is 0 Å². The van der Waals surface area contributed by atoms with Gasteiger partial charge in [-0.05, 0) is 49.1 Å². The van der Waals surface area contributed by atoms with Crippen molar-refractivity contribution in [2.45, 2.75) is 39.3 Å². The summed E-state index contributed by atoms with van der Waals surface area (Å²) in [5.74, 6) is 0.904. The lowest BCUT2D eigenvalue weighted by molar-refractivity contribution is 0.412. The molecule has 0 spiro atoms. The zero-order valence-corrected chi connectivity index (χ0v) is 13.4. The van der Waals surface area contributed by atoms with Gasteiger partial charge in [-0.1, -0.05) is 43.3 Å². The highest BCUT2D eigenvalue weighted by atomic mass is 16.5. The summed E-state index contributed by atoms with van der Waals surface area (Å²) in [7, 11) is 1.70. The zero-order chi connectivity index (χ0) is 15.2. The molecular weight excluding hydrogens is 258 g/mol. The molecule has 2 aromatic carbocycles. The standard InChI is InChI=1S/C19H25NO/c1-5-16-9-11-17(12-10-16)14(2)20-15(3)18-7-6-8-19(13-18)21-4/h6-15,20H,5H2,1-4H3. The number of hydrogen-bond acceptors (Lipinski definition) is 2. The van der Waals surface area contributed by atoms with Crippen LogP contribution in [0.5, 0.6) is 5.75 Å². The largest absolute Gasteiger partial charge is 0.497 e. The second-order valence-corrected chi connectivity index (χ2v) is 5.48. The Morgan fingerprint density at radius 1 is 0.952 bits per heavy atom. The number of rotatable bonds is 6. The first-order valence-electron chi connectivity index (χ1n) is 7.63. The van der Waals surface area contributed by atoms with Gasteiger partial charge in [0.2, 0.25) is 0 Å². The molecule has 0 aliphatic heterocycles. The first-order valence-corrected chi connectivity index (χ1v) is 7.63. The van der Waals surface area contributed by atoms with Crippen molar-refractivity contribution in [3.63, 3.8) is 0 Å². The van der Waals surface area contributed by atoms with Crippen molar-refractivity contribution in [2.75, 3.05) is 7.11 Å². The van der Waals surface area contributed by atoms with Crippen molar-refractivity contribution in [1.82, 2.24) is 5.32 Å². The molecule has 0 bridgehead atoms. The van der Waals surface area contributed by atoms with Crippen LogP contribution in [-0.4, -0.2) is 7.11 Å². The molecule has 2 nitrogen and oxygen atoms in total. The van der Waals surface area contributed by atoms with E-state index in [1.165, 1.54) is 16.7 Å². The van der Waals surface area contributed by atoms with Crippen LogP contribution in [0.4, 0.5) is 0 Å². The summed E-state index contributed by atoms with van der Waals surface area (Å²) in [6.45, 7) is 6.57. The van der Waals surface area contributed by atoms with E-state index in [1.807, 2.05) is 12.1 Å². The van der Waals surface area contributed by atoms with E-state index in [0.717, 1.165) is 12.2 Å². The van der Waals surface area contributed by atoms with Gasteiger partial charge in [0.15, 0.2) is 0 Å². The van der Waals surface area contributed by atoms with Crippen molar-refractivity contribution < 1.29 is 4.74 Å². The molecule has 0 aliphatic rings. The minimum absolute atomic E-state index is 0.279. The summed E-state index contributed by atoms with van der Waals surface area (Å²) in [5, 5.41) is 3.65. The van der Waals surface area contributed by atoms with E-state index in [0.29, 0.717) is 6.04 Å². The Labute approximate surface area is 128 Å². The first kappa shape index (κ1) is 15.6. The summed E-state index contributed by atoms with van der Waals surface area (Å²) < 4.78 is 5.29. The Morgan fingerprint density at radius 3 is 2.24 bits per heavy atom. The second-order valence-electron chi connectivity index (χ2n) is 5.48. The minimum atomic E-state index is 0.279. The molecule has 0 fully saturated rings. The molecule has 112 valence electrons. The molecule has 2 aromatic rings. The Morgan fingerprint density at radius 2 is 1.62 bits per heavy atom. The fourth-order valence-electron chi connectivity index (χ4n) is 2.52. The van der Waals surface area contributed by atoms with Crippen LogP contribution in [0.2, 0.25) is 0 Å². The maximum Gasteiger partial charge on any atom is 0.119 e. The lowest BCUT2D eigenvalue weighted by atomic mass is 10.0.